The number of sulfonamides is 1. The fourth-order valence-corrected chi connectivity index (χ4v) is 3.97. The zero-order valence-corrected chi connectivity index (χ0v) is 17.8. The van der Waals surface area contributed by atoms with Crippen molar-refractivity contribution in [2.75, 3.05) is 16.6 Å². The number of nitrogens with one attached hydrogen (secondary N) is 2. The number of halogens is 1. The second-order valence-corrected chi connectivity index (χ2v) is 8.66. The second-order valence-electron chi connectivity index (χ2n) is 6.57. The molecule has 3 rings (SSSR count). The Labute approximate surface area is 180 Å². The number of anilines is 2. The molecule has 0 fully saturated rings. The number of carbonyl (C=O) groups is 1. The van der Waals surface area contributed by atoms with E-state index < -0.39 is 10.0 Å². The molecule has 0 aliphatic rings. The highest BCUT2D eigenvalue weighted by Gasteiger charge is 2.16. The molecule has 3 aromatic carbocycles. The smallest absolute Gasteiger partial charge is 0.262 e. The van der Waals surface area contributed by atoms with E-state index in [4.69, 9.17) is 16.3 Å². The molecular weight excluding hydrogens is 424 g/mol. The lowest BCUT2D eigenvalue weighted by Gasteiger charge is -2.11. The molecule has 0 aromatic heterocycles. The molecule has 0 radical (unpaired) electrons. The normalized spacial score (nSPS) is 11.0. The first-order valence-electron chi connectivity index (χ1n) is 9.20. The summed E-state index contributed by atoms with van der Waals surface area (Å²) in [6.07, 6.45) is 0.128. The number of rotatable bonds is 8. The van der Waals surface area contributed by atoms with Crippen molar-refractivity contribution in [3.8, 4) is 5.75 Å². The maximum Gasteiger partial charge on any atom is 0.262 e. The van der Waals surface area contributed by atoms with Crippen molar-refractivity contribution in [3.05, 3.63) is 83.4 Å². The number of carbonyl (C=O) groups excluding carboxylic acids is 1. The van der Waals surface area contributed by atoms with Crippen molar-refractivity contribution in [2.24, 2.45) is 0 Å². The number of aryl methyl sites for hydroxylation is 1. The fraction of sp³-hybridized carbons (Fsp3) is 0.136. The molecular formula is C22H21ClN2O4S. The second kappa shape index (κ2) is 9.65. The summed E-state index contributed by atoms with van der Waals surface area (Å²) in [4.78, 5) is 12.2. The molecule has 0 heterocycles. The van der Waals surface area contributed by atoms with Gasteiger partial charge in [0.25, 0.3) is 10.0 Å². The summed E-state index contributed by atoms with van der Waals surface area (Å²) in [5.41, 5.74) is 1.78. The van der Waals surface area contributed by atoms with Gasteiger partial charge in [-0.25, -0.2) is 8.42 Å². The van der Waals surface area contributed by atoms with Gasteiger partial charge in [-0.1, -0.05) is 47.5 Å². The van der Waals surface area contributed by atoms with Gasteiger partial charge in [0.2, 0.25) is 5.91 Å². The number of amides is 1. The Morgan fingerprint density at radius 3 is 2.47 bits per heavy atom. The van der Waals surface area contributed by atoms with E-state index in [9.17, 15) is 13.2 Å². The van der Waals surface area contributed by atoms with Gasteiger partial charge in [0.1, 0.15) is 5.75 Å². The van der Waals surface area contributed by atoms with E-state index in [1.807, 2.05) is 31.2 Å². The van der Waals surface area contributed by atoms with Crippen LogP contribution in [0.2, 0.25) is 5.02 Å². The Morgan fingerprint density at radius 1 is 1.00 bits per heavy atom. The number of para-hydroxylation sites is 1. The topological polar surface area (TPSA) is 84.5 Å². The largest absolute Gasteiger partial charge is 0.493 e. The van der Waals surface area contributed by atoms with Gasteiger partial charge in [-0.15, -0.1) is 0 Å². The van der Waals surface area contributed by atoms with Crippen molar-refractivity contribution >= 4 is 38.9 Å². The van der Waals surface area contributed by atoms with Crippen LogP contribution in [0.3, 0.4) is 0 Å². The quantitative estimate of drug-likeness (QED) is 0.519. The molecule has 8 heteroatoms. The third kappa shape index (κ3) is 5.98. The number of hydrogen-bond acceptors (Lipinski definition) is 4. The Hall–Kier alpha value is -3.03. The summed E-state index contributed by atoms with van der Waals surface area (Å²) in [5, 5.41) is 2.98. The summed E-state index contributed by atoms with van der Waals surface area (Å²) in [5.74, 6) is 0.405. The van der Waals surface area contributed by atoms with Gasteiger partial charge in [0, 0.05) is 5.69 Å². The van der Waals surface area contributed by atoms with E-state index in [-0.39, 0.29) is 29.5 Å². The molecule has 0 aliphatic heterocycles. The SMILES string of the molecule is Cc1ccc(OCCC(=O)Nc2cccc(S(=O)(=O)Nc3ccccc3Cl)c2)cc1. The molecule has 156 valence electrons. The van der Waals surface area contributed by atoms with Gasteiger partial charge >= 0.3 is 0 Å². The number of ether oxygens (including phenoxy) is 1. The Balaban J connectivity index is 1.59. The van der Waals surface area contributed by atoms with Gasteiger partial charge in [-0.3, -0.25) is 9.52 Å². The lowest BCUT2D eigenvalue weighted by molar-refractivity contribution is -0.116. The highest BCUT2D eigenvalue weighted by atomic mass is 35.5. The van der Waals surface area contributed by atoms with Crippen LogP contribution in [-0.4, -0.2) is 20.9 Å². The van der Waals surface area contributed by atoms with Gasteiger partial charge in [-0.2, -0.15) is 0 Å². The minimum atomic E-state index is -3.86. The van der Waals surface area contributed by atoms with Crippen LogP contribution >= 0.6 is 11.6 Å². The van der Waals surface area contributed by atoms with Crippen LogP contribution < -0.4 is 14.8 Å². The predicted octanol–water partition coefficient (Wildman–Crippen LogP) is 4.86. The van der Waals surface area contributed by atoms with E-state index in [1.165, 1.54) is 12.1 Å². The third-order valence-electron chi connectivity index (χ3n) is 4.17. The zero-order chi connectivity index (χ0) is 21.6. The molecule has 0 bridgehead atoms. The first kappa shape index (κ1) is 21.7. The van der Waals surface area contributed by atoms with E-state index in [2.05, 4.69) is 10.0 Å². The average molecular weight is 445 g/mol. The van der Waals surface area contributed by atoms with Crippen LogP contribution in [0.1, 0.15) is 12.0 Å². The summed E-state index contributed by atoms with van der Waals surface area (Å²) in [6, 6.07) is 20.1. The molecule has 2 N–H and O–H groups in total. The standard InChI is InChI=1S/C22H21ClN2O4S/c1-16-9-11-18(12-10-16)29-14-13-22(26)24-17-5-4-6-19(15-17)30(27,28)25-21-8-3-2-7-20(21)23/h2-12,15,25H,13-14H2,1H3,(H,24,26). The predicted molar refractivity (Wildman–Crippen MR) is 119 cm³/mol. The van der Waals surface area contributed by atoms with Crippen LogP contribution in [-0.2, 0) is 14.8 Å². The molecule has 1 amide bonds. The molecule has 0 aliphatic carbocycles. The Kier molecular flexibility index (Phi) is 6.97. The molecule has 0 unspecified atom stereocenters. The fourth-order valence-electron chi connectivity index (χ4n) is 2.61. The highest BCUT2D eigenvalue weighted by Crippen LogP contribution is 2.25. The van der Waals surface area contributed by atoms with Crippen molar-refractivity contribution in [1.82, 2.24) is 0 Å². The third-order valence-corrected chi connectivity index (χ3v) is 5.86. The number of hydrogen-bond donors (Lipinski definition) is 2. The van der Waals surface area contributed by atoms with Gasteiger partial charge in [-0.05, 0) is 49.4 Å². The van der Waals surface area contributed by atoms with Crippen molar-refractivity contribution < 1.29 is 17.9 Å². The Bertz CT molecular complexity index is 1130. The molecule has 3 aromatic rings. The molecule has 30 heavy (non-hydrogen) atoms. The van der Waals surface area contributed by atoms with Crippen molar-refractivity contribution in [1.29, 1.82) is 0 Å². The average Bonchev–Trinajstić information content (AvgIpc) is 2.71. The van der Waals surface area contributed by atoms with Crippen LogP contribution in [0.5, 0.6) is 5.75 Å². The summed E-state index contributed by atoms with van der Waals surface area (Å²) < 4.78 is 33.3. The zero-order valence-electron chi connectivity index (χ0n) is 16.3. The van der Waals surface area contributed by atoms with Gasteiger partial charge in [0.05, 0.1) is 28.6 Å². The van der Waals surface area contributed by atoms with Crippen molar-refractivity contribution in [2.45, 2.75) is 18.2 Å². The summed E-state index contributed by atoms with van der Waals surface area (Å²) in [6.45, 7) is 2.19. The van der Waals surface area contributed by atoms with Crippen LogP contribution in [0.25, 0.3) is 0 Å². The molecule has 0 saturated heterocycles. The maximum absolute atomic E-state index is 12.6. The minimum absolute atomic E-state index is 0.0103. The minimum Gasteiger partial charge on any atom is -0.493 e. The lowest BCUT2D eigenvalue weighted by atomic mass is 10.2. The van der Waals surface area contributed by atoms with Crippen LogP contribution in [0.4, 0.5) is 11.4 Å². The molecule has 0 atom stereocenters. The molecule has 0 saturated carbocycles. The van der Waals surface area contributed by atoms with E-state index >= 15 is 0 Å². The number of benzene rings is 3. The molecule has 6 nitrogen and oxygen atoms in total. The first-order chi connectivity index (χ1) is 14.3. The van der Waals surface area contributed by atoms with Crippen LogP contribution in [0.15, 0.2) is 77.7 Å². The summed E-state index contributed by atoms with van der Waals surface area (Å²) in [7, 11) is -3.86. The van der Waals surface area contributed by atoms with Gasteiger partial charge in [0.15, 0.2) is 0 Å². The maximum atomic E-state index is 12.6. The first-order valence-corrected chi connectivity index (χ1v) is 11.1. The van der Waals surface area contributed by atoms with Gasteiger partial charge < -0.3 is 10.1 Å². The molecule has 0 spiro atoms. The van der Waals surface area contributed by atoms with Crippen molar-refractivity contribution in [3.63, 3.8) is 0 Å². The van der Waals surface area contributed by atoms with Crippen LogP contribution in [0, 0.1) is 6.92 Å². The highest BCUT2D eigenvalue weighted by molar-refractivity contribution is 7.92. The monoisotopic (exact) mass is 444 g/mol. The van der Waals surface area contributed by atoms with E-state index in [0.29, 0.717) is 16.5 Å². The Morgan fingerprint density at radius 2 is 1.73 bits per heavy atom. The summed E-state index contributed by atoms with van der Waals surface area (Å²) >= 11 is 6.02. The van der Waals surface area contributed by atoms with E-state index in [0.717, 1.165) is 5.56 Å². The lowest BCUT2D eigenvalue weighted by Crippen LogP contribution is -2.16. The van der Waals surface area contributed by atoms with E-state index in [1.54, 1.807) is 36.4 Å².